The molecule has 0 bridgehead atoms. The number of thioether (sulfide) groups is 1. The van der Waals surface area contributed by atoms with Crippen LogP contribution in [-0.4, -0.2) is 214 Å². The number of furan rings is 1. The molecule has 124 heavy (non-hydrogen) atoms. The van der Waals surface area contributed by atoms with E-state index in [9.17, 15) is 45.9 Å². The Hall–Kier alpha value is -8.58. The standard InChI is InChI=1S/2C17H19N3O3S.2C16H15F2N3O4S.C13H22N4O3S.Mg.2Na/c2*1-10-8-18-15(11(2)16(10)23-4)9-24(21)17-19-13-6-5-12(22-3)7-14(13)20-17;2*1-23-13-5-6-19-12(14(13)24-2)8-26(22)16-20-10-4-3-9(25-15(17)18)7-11(10)21-16;1-14-13(9-17(18)19)15-6-7-21-10-12-5-4-11(20-12)8-16(2)3;;;/h2*5-8H,9H2,1-4H3,(H,19,20);2*3-7,15H,8H2,1-2H3,(H,20,21);4-5,9,14-15H,6-8,10H2,1-3H3;;;/q;;;;;+2;2*+1/b;;;;13-9-;;;/t2*24-;;;;;;/m00....../s1. The predicted molar refractivity (Wildman–Crippen MR) is 457 cm³/mol. The SMILES string of the molecule is CN/C(=C/[N+](=O)[O-])NCCSCc1ccc(CN(C)C)o1.COc1ccc2[nH]c([S@@+]([O-])Cc3ncc(C)c(OC)c3C)nc2c1.COc1ccc2[nH]c([S@@+]([O-])Cc3ncc(C)c(OC)c3C)nc2c1.COc1ccnc(C[S+]([O-])c2nc3cc(OC(F)F)ccc3[nH]2)c1OC.COc1ccnc(C[S+]([O-])c2nc3cc(OC(F)F)ccc3[nH]2)c1OC.[Mg+2].[Na+].[Na+]. The van der Waals surface area contributed by atoms with E-state index in [4.69, 9.17) is 42.3 Å². The monoisotopic (exact) mass is 1840 g/mol. The van der Waals surface area contributed by atoms with E-state index in [0.717, 1.165) is 103 Å². The number of fused-ring (bicyclic) bond motifs is 4. The second-order valence-corrected chi connectivity index (χ2v) is 32.3. The zero-order valence-electron chi connectivity index (χ0n) is 71.1. The summed E-state index contributed by atoms with van der Waals surface area (Å²) in [5.74, 6) is 9.29. The van der Waals surface area contributed by atoms with E-state index in [1.54, 1.807) is 71.8 Å². The average molecular weight is 1840 g/mol. The van der Waals surface area contributed by atoms with E-state index in [2.05, 4.69) is 84.8 Å². The Kier molecular flexibility index (Phi) is 43.1. The van der Waals surface area contributed by atoms with Crippen molar-refractivity contribution in [1.29, 1.82) is 0 Å². The number of halogens is 4. The van der Waals surface area contributed by atoms with E-state index < -0.39 is 62.8 Å². The molecule has 6 N–H and O–H groups in total. The first-order chi connectivity index (χ1) is 58.1. The quantitative estimate of drug-likeness (QED) is 0.00613. The van der Waals surface area contributed by atoms with Gasteiger partial charge in [0.1, 0.15) is 57.4 Å². The average Bonchev–Trinajstić information content (AvgIpc) is 1.70. The minimum atomic E-state index is -2.92. The van der Waals surface area contributed by atoms with Gasteiger partial charge in [-0.2, -0.15) is 49.3 Å². The molecule has 0 aliphatic heterocycles. The van der Waals surface area contributed by atoms with Crippen molar-refractivity contribution < 1.29 is 152 Å². The molecular formula is C79H90F4MgN16Na2O17S5+4. The summed E-state index contributed by atoms with van der Waals surface area (Å²) in [6.45, 7) is 3.32. The van der Waals surface area contributed by atoms with Gasteiger partial charge in [0, 0.05) is 147 Å². The first kappa shape index (κ1) is 104. The molecule has 0 amide bonds. The molecule has 0 fully saturated rings. The first-order valence-corrected chi connectivity index (χ1v) is 42.7. The predicted octanol–water partition coefficient (Wildman–Crippen LogP) is 6.65. The summed E-state index contributed by atoms with van der Waals surface area (Å²) < 4.78 is 156. The summed E-state index contributed by atoms with van der Waals surface area (Å²) in [5.41, 5.74) is 11.1. The third-order valence-electron chi connectivity index (χ3n) is 17.3. The van der Waals surface area contributed by atoms with Crippen LogP contribution in [0.2, 0.25) is 0 Å². The van der Waals surface area contributed by atoms with Gasteiger partial charge < -0.3 is 85.5 Å². The third kappa shape index (κ3) is 29.5. The summed E-state index contributed by atoms with van der Waals surface area (Å²) in [7, 11) is 18.0. The number of aromatic amines is 4. The topological polar surface area (TPSA) is 434 Å². The van der Waals surface area contributed by atoms with Crippen molar-refractivity contribution in [2.24, 2.45) is 0 Å². The van der Waals surface area contributed by atoms with Crippen molar-refractivity contribution in [1.82, 2.24) is 75.3 Å². The molecule has 0 aliphatic rings. The van der Waals surface area contributed by atoms with Gasteiger partial charge in [-0.15, -0.1) is 0 Å². The Morgan fingerprint density at radius 1 is 0.508 bits per heavy atom. The van der Waals surface area contributed by atoms with Gasteiger partial charge >= 0.3 is 116 Å². The minimum Gasteiger partial charge on any atom is -0.609 e. The van der Waals surface area contributed by atoms with Crippen LogP contribution in [0, 0.1) is 37.8 Å². The fourth-order valence-electron chi connectivity index (χ4n) is 11.6. The Morgan fingerprint density at radius 3 is 1.19 bits per heavy atom. The number of imidazole rings is 4. The van der Waals surface area contributed by atoms with Gasteiger partial charge in [-0.1, -0.05) is 0 Å². The van der Waals surface area contributed by atoms with E-state index >= 15 is 0 Å². The maximum absolute atomic E-state index is 12.7. The fraction of sp³-hybridized carbons (Fsp3) is 0.316. The molecule has 9 heterocycles. The zero-order chi connectivity index (χ0) is 87.6. The van der Waals surface area contributed by atoms with Crippen molar-refractivity contribution in [3.8, 4) is 57.5 Å². The number of nitrogens with zero attached hydrogens (tertiary/aromatic N) is 10. The molecule has 0 saturated heterocycles. The van der Waals surface area contributed by atoms with Crippen LogP contribution in [0.3, 0.4) is 0 Å². The summed E-state index contributed by atoms with van der Waals surface area (Å²) in [4.78, 5) is 58.3. The normalized spacial score (nSPS) is 12.0. The van der Waals surface area contributed by atoms with Gasteiger partial charge in [0.25, 0.3) is 6.20 Å². The molecule has 13 rings (SSSR count). The number of rotatable bonds is 34. The van der Waals surface area contributed by atoms with Crippen LogP contribution >= 0.6 is 11.8 Å². The van der Waals surface area contributed by atoms with Crippen molar-refractivity contribution in [2.75, 3.05) is 90.3 Å². The Balaban J connectivity index is 0.000000239. The van der Waals surface area contributed by atoms with E-state index in [1.165, 1.54) is 77.2 Å². The molecule has 0 saturated carbocycles. The number of aryl methyl sites for hydroxylation is 2. The maximum Gasteiger partial charge on any atom is 2.00 e. The van der Waals surface area contributed by atoms with Crippen LogP contribution in [0.4, 0.5) is 17.6 Å². The summed E-state index contributed by atoms with van der Waals surface area (Å²) in [5, 5.41) is 17.3. The van der Waals surface area contributed by atoms with Crippen molar-refractivity contribution >= 4 is 124 Å². The number of aromatic nitrogens is 12. The molecule has 0 radical (unpaired) electrons. The number of hydrogen-bond acceptors (Lipinski definition) is 29. The molecule has 45 heteroatoms. The van der Waals surface area contributed by atoms with Crippen molar-refractivity contribution in [3.63, 3.8) is 0 Å². The largest absolute Gasteiger partial charge is 2.00 e. The van der Waals surface area contributed by atoms with E-state index in [0.29, 0.717) is 90.6 Å². The molecule has 33 nitrogen and oxygen atoms in total. The second-order valence-electron chi connectivity index (χ2n) is 25.8. The van der Waals surface area contributed by atoms with Crippen LogP contribution in [-0.2, 0) is 80.0 Å². The van der Waals surface area contributed by atoms with Gasteiger partial charge in [-0.05, 0) is 102 Å². The molecule has 0 spiro atoms. The number of ether oxygens (including phenoxy) is 10. The van der Waals surface area contributed by atoms with Gasteiger partial charge in [-0.3, -0.25) is 50.0 Å². The van der Waals surface area contributed by atoms with Gasteiger partial charge in [0.15, 0.2) is 51.8 Å². The Morgan fingerprint density at radius 2 is 0.863 bits per heavy atom. The fourth-order valence-corrected chi connectivity index (χ4v) is 16.6. The zero-order valence-corrected chi connectivity index (χ0v) is 80.6. The minimum absolute atomic E-state index is 0. The first-order valence-electron chi connectivity index (χ1n) is 36.3. The number of benzene rings is 4. The Labute approximate surface area is 788 Å². The number of H-pyrrole nitrogens is 4. The molecular weight excluding hydrogens is 1750 g/mol. The number of nitro groups is 1. The molecule has 9 aromatic heterocycles. The van der Waals surface area contributed by atoms with Crippen LogP contribution in [0.5, 0.6) is 57.5 Å². The van der Waals surface area contributed by atoms with Crippen molar-refractivity contribution in [3.05, 3.63) is 201 Å². The molecule has 4 aromatic carbocycles. The number of alkyl halides is 4. The molecule has 13 aromatic rings. The molecule has 646 valence electrons. The Bertz CT molecular complexity index is 5320. The van der Waals surface area contributed by atoms with Crippen LogP contribution in [0.15, 0.2) is 159 Å². The van der Waals surface area contributed by atoms with Gasteiger partial charge in [0.05, 0.1) is 130 Å². The van der Waals surface area contributed by atoms with Gasteiger partial charge in [-0.25, -0.2) is 0 Å². The summed E-state index contributed by atoms with van der Waals surface area (Å²) in [6, 6.07) is 26.8. The summed E-state index contributed by atoms with van der Waals surface area (Å²) in [6.07, 6.45) is 7.45. The smallest absolute Gasteiger partial charge is 0.609 e. The van der Waals surface area contributed by atoms with Crippen molar-refractivity contribution in [2.45, 2.75) is 96.9 Å². The number of nitrogens with one attached hydrogen (secondary N) is 6. The number of hydrogen-bond donors (Lipinski definition) is 6. The maximum atomic E-state index is 12.7. The van der Waals surface area contributed by atoms with E-state index in [1.807, 2.05) is 90.3 Å². The second kappa shape index (κ2) is 51.3. The van der Waals surface area contributed by atoms with Crippen LogP contribution in [0.1, 0.15) is 56.6 Å². The molecule has 0 aliphatic carbocycles. The van der Waals surface area contributed by atoms with Crippen LogP contribution in [0.25, 0.3) is 44.1 Å². The van der Waals surface area contributed by atoms with Crippen LogP contribution < -0.4 is 117 Å². The third-order valence-corrected chi connectivity index (χ3v) is 22.9. The number of methoxy groups -OCH3 is 8. The molecule has 2 unspecified atom stereocenters. The number of pyridine rings is 4. The summed E-state index contributed by atoms with van der Waals surface area (Å²) >= 11 is -4.06. The van der Waals surface area contributed by atoms with E-state index in [-0.39, 0.29) is 127 Å². The molecule has 4 atom stereocenters. The van der Waals surface area contributed by atoms with Gasteiger partial charge in [0.2, 0.25) is 0 Å².